The fraction of sp³-hybridized carbons (Fsp3) is 0.389. The molecule has 0 spiro atoms. The summed E-state index contributed by atoms with van der Waals surface area (Å²) in [6.07, 6.45) is 0. The second-order valence-corrected chi connectivity index (χ2v) is 15.2. The number of methoxy groups -OCH3 is 6. The maximum atomic E-state index is 6.33. The van der Waals surface area contributed by atoms with Crippen molar-refractivity contribution in [3.63, 3.8) is 0 Å². The molecule has 7 heteroatoms. The number of benzene rings is 3. The second kappa shape index (κ2) is 12.4. The van der Waals surface area contributed by atoms with E-state index in [1.807, 2.05) is 18.2 Å². The highest BCUT2D eigenvalue weighted by atomic mass is 28.3. The minimum absolute atomic E-state index is 0.00582. The third-order valence-electron chi connectivity index (χ3n) is 9.38. The lowest BCUT2D eigenvalue weighted by atomic mass is 10.1. The Morgan fingerprint density at radius 3 is 0.930 bits per heavy atom. The molecule has 0 saturated heterocycles. The van der Waals surface area contributed by atoms with E-state index in [0.29, 0.717) is 0 Å². The van der Waals surface area contributed by atoms with E-state index in [4.69, 9.17) is 28.4 Å². The van der Waals surface area contributed by atoms with Crippen LogP contribution in [0.25, 0.3) is 0 Å². The minimum atomic E-state index is -3.37. The zero-order valence-corrected chi connectivity index (χ0v) is 29.0. The molecule has 0 N–H and O–H groups in total. The number of hydrogen-bond acceptors (Lipinski definition) is 6. The van der Waals surface area contributed by atoms with Gasteiger partial charge in [0.2, 0.25) is 0 Å². The van der Waals surface area contributed by atoms with Crippen LogP contribution in [0.5, 0.6) is 34.5 Å². The first-order chi connectivity index (χ1) is 20.5. The lowest BCUT2D eigenvalue weighted by Crippen LogP contribution is -2.71. The van der Waals surface area contributed by atoms with Gasteiger partial charge < -0.3 is 28.4 Å². The van der Waals surface area contributed by atoms with E-state index in [1.165, 1.54) is 22.3 Å². The summed E-state index contributed by atoms with van der Waals surface area (Å²) in [6.45, 7) is 15.2. The molecule has 0 amide bonds. The minimum Gasteiger partial charge on any atom is -0.497 e. The van der Waals surface area contributed by atoms with Gasteiger partial charge in [0.25, 0.3) is 0 Å². The molecule has 0 unspecified atom stereocenters. The maximum absolute atomic E-state index is 6.33. The van der Waals surface area contributed by atoms with Gasteiger partial charge in [-0.3, -0.25) is 0 Å². The van der Waals surface area contributed by atoms with Gasteiger partial charge in [-0.05, 0) is 128 Å². The van der Waals surface area contributed by atoms with E-state index in [2.05, 4.69) is 66.7 Å². The van der Waals surface area contributed by atoms with Gasteiger partial charge in [-0.1, -0.05) is 11.1 Å². The largest absolute Gasteiger partial charge is 0.497 e. The Balaban J connectivity index is 2.49. The number of hydrogen-bond donors (Lipinski definition) is 0. The zero-order valence-electron chi connectivity index (χ0n) is 28.0. The summed E-state index contributed by atoms with van der Waals surface area (Å²) >= 11 is 0. The van der Waals surface area contributed by atoms with Crippen molar-refractivity contribution in [3.8, 4) is 34.5 Å². The average Bonchev–Trinajstić information content (AvgIpc) is 3.19. The molecule has 0 aromatic heterocycles. The molecular formula is C36H46O6Si. The number of rotatable bonds is 10. The Kier molecular flexibility index (Phi) is 9.26. The van der Waals surface area contributed by atoms with Crippen molar-refractivity contribution in [2.45, 2.75) is 54.0 Å². The summed E-state index contributed by atoms with van der Waals surface area (Å²) in [5.74, 6) is 4.74. The van der Waals surface area contributed by atoms with Gasteiger partial charge >= 0.3 is 0 Å². The summed E-state index contributed by atoms with van der Waals surface area (Å²) in [5.41, 5.74) is 8.18. The molecule has 3 aromatic carbocycles. The van der Waals surface area contributed by atoms with Gasteiger partial charge in [-0.25, -0.2) is 0 Å². The van der Waals surface area contributed by atoms with Crippen LogP contribution in [0.2, 0.25) is 5.54 Å². The van der Waals surface area contributed by atoms with Crippen LogP contribution in [0.3, 0.4) is 0 Å². The third kappa shape index (κ3) is 4.97. The van der Waals surface area contributed by atoms with E-state index in [-0.39, 0.29) is 5.54 Å². The standard InChI is InChI=1S/C36H46O6Si/c1-20-14-27(37-8)17-30(33(20)40-11)43(36-25(6)23(4)24(5)26(36)7,31-18-28(38-9)15-21(2)34(31)41-12)32-19-29(39-10)16-22(3)35(32)42-13/h14-19,36H,1-13H3. The van der Waals surface area contributed by atoms with Gasteiger partial charge in [0, 0.05) is 5.54 Å². The molecule has 3 aromatic rings. The molecule has 0 heterocycles. The van der Waals surface area contributed by atoms with Crippen LogP contribution in [0.15, 0.2) is 58.7 Å². The first-order valence-corrected chi connectivity index (χ1v) is 16.6. The van der Waals surface area contributed by atoms with Crippen molar-refractivity contribution in [2.75, 3.05) is 42.7 Å². The highest BCUT2D eigenvalue weighted by Crippen LogP contribution is 2.49. The van der Waals surface area contributed by atoms with Crippen molar-refractivity contribution < 1.29 is 28.4 Å². The molecule has 4 rings (SSSR count). The summed E-state index contributed by atoms with van der Waals surface area (Å²) < 4.78 is 36.8. The molecule has 43 heavy (non-hydrogen) atoms. The fourth-order valence-corrected chi connectivity index (χ4v) is 13.8. The smallest absolute Gasteiger partial charge is 0.173 e. The van der Waals surface area contributed by atoms with Gasteiger partial charge in [-0.2, -0.15) is 0 Å². The lowest BCUT2D eigenvalue weighted by Gasteiger charge is -2.43. The number of aryl methyl sites for hydroxylation is 3. The molecule has 1 aliphatic rings. The van der Waals surface area contributed by atoms with Crippen molar-refractivity contribution in [1.29, 1.82) is 0 Å². The van der Waals surface area contributed by atoms with Crippen LogP contribution in [0.4, 0.5) is 0 Å². The number of allylic oxidation sites excluding steroid dienone is 4. The van der Waals surface area contributed by atoms with Crippen molar-refractivity contribution in [2.24, 2.45) is 0 Å². The van der Waals surface area contributed by atoms with Crippen LogP contribution in [0, 0.1) is 20.8 Å². The van der Waals surface area contributed by atoms with Crippen LogP contribution >= 0.6 is 0 Å². The summed E-state index contributed by atoms with van der Waals surface area (Å²) in [7, 11) is 7.00. The normalized spacial score (nSPS) is 13.9. The van der Waals surface area contributed by atoms with Gasteiger partial charge in [0.15, 0.2) is 8.07 Å². The van der Waals surface area contributed by atoms with Gasteiger partial charge in [0.05, 0.1) is 42.7 Å². The average molecular weight is 603 g/mol. The van der Waals surface area contributed by atoms with Crippen molar-refractivity contribution in [1.82, 2.24) is 0 Å². The van der Waals surface area contributed by atoms with E-state index in [9.17, 15) is 0 Å². The molecule has 0 aliphatic heterocycles. The highest BCUT2D eigenvalue weighted by Gasteiger charge is 2.55. The molecule has 0 saturated carbocycles. The molecule has 0 atom stereocenters. The monoisotopic (exact) mass is 602 g/mol. The van der Waals surface area contributed by atoms with Crippen molar-refractivity contribution >= 4 is 23.6 Å². The predicted molar refractivity (Wildman–Crippen MR) is 178 cm³/mol. The molecule has 6 nitrogen and oxygen atoms in total. The Morgan fingerprint density at radius 1 is 0.419 bits per heavy atom. The van der Waals surface area contributed by atoms with Crippen LogP contribution < -0.4 is 44.0 Å². The zero-order chi connectivity index (χ0) is 31.8. The molecule has 1 aliphatic carbocycles. The Bertz CT molecular complexity index is 1440. The van der Waals surface area contributed by atoms with Gasteiger partial charge in [0.1, 0.15) is 34.5 Å². The fourth-order valence-electron chi connectivity index (χ4n) is 7.17. The van der Waals surface area contributed by atoms with E-state index >= 15 is 0 Å². The van der Waals surface area contributed by atoms with Crippen LogP contribution in [0.1, 0.15) is 44.4 Å². The quantitative estimate of drug-likeness (QED) is 0.204. The highest BCUT2D eigenvalue weighted by molar-refractivity contribution is 7.14. The molecule has 0 bridgehead atoms. The summed E-state index contributed by atoms with van der Waals surface area (Å²) in [4.78, 5) is 0. The van der Waals surface area contributed by atoms with Gasteiger partial charge in [-0.15, -0.1) is 0 Å². The Morgan fingerprint density at radius 2 is 0.698 bits per heavy atom. The molecule has 230 valence electrons. The topological polar surface area (TPSA) is 55.4 Å². The second-order valence-electron chi connectivity index (χ2n) is 11.4. The number of ether oxygens (including phenoxy) is 6. The maximum Gasteiger partial charge on any atom is 0.173 e. The van der Waals surface area contributed by atoms with Crippen LogP contribution in [-0.2, 0) is 0 Å². The summed E-state index contributed by atoms with van der Waals surface area (Å²) in [5, 5.41) is 3.19. The first-order valence-electron chi connectivity index (χ1n) is 14.5. The third-order valence-corrected chi connectivity index (χ3v) is 14.8. The predicted octanol–water partition coefficient (Wildman–Crippen LogP) is 6.19. The molecular weight excluding hydrogens is 556 g/mol. The first kappa shape index (κ1) is 32.1. The SMILES string of the molecule is COc1cc(C)c(OC)c([Si](c2cc(OC)cc(C)c2OC)(c2cc(OC)cc(C)c2OC)C2C(C)=C(C)C(C)=C2C)c1. The Labute approximate surface area is 258 Å². The molecule has 0 fully saturated rings. The molecule has 0 radical (unpaired) electrons. The van der Waals surface area contributed by atoms with E-state index in [0.717, 1.165) is 66.7 Å². The lowest BCUT2D eigenvalue weighted by molar-refractivity contribution is 0.401. The summed E-state index contributed by atoms with van der Waals surface area (Å²) in [6, 6.07) is 12.6. The van der Waals surface area contributed by atoms with Crippen molar-refractivity contribution in [3.05, 3.63) is 75.4 Å². The van der Waals surface area contributed by atoms with E-state index in [1.54, 1.807) is 42.7 Å². The van der Waals surface area contributed by atoms with E-state index < -0.39 is 8.07 Å². The van der Waals surface area contributed by atoms with Crippen LogP contribution in [-0.4, -0.2) is 50.7 Å². The Hall–Kier alpha value is -3.84.